The van der Waals surface area contributed by atoms with Crippen LogP contribution in [-0.2, 0) is 17.6 Å². The van der Waals surface area contributed by atoms with E-state index in [0.29, 0.717) is 0 Å². The molecule has 0 fully saturated rings. The molecule has 3 nitrogen and oxygen atoms in total. The zero-order valence-corrected chi connectivity index (χ0v) is 9.64. The number of aryl methyl sites for hydroxylation is 2. The standard InChI is InChI=1S/C11H15NO2S/c1-2-3-4-9-12-10-7(11(13)14)5-6-8(10)15-9/h7H,2-6H2,1H3,(H,13,14). The fraction of sp³-hybridized carbons (Fsp3) is 0.636. The van der Waals surface area contributed by atoms with Crippen molar-refractivity contribution in [3.05, 3.63) is 15.6 Å². The average Bonchev–Trinajstić information content (AvgIpc) is 2.72. The molecule has 0 saturated heterocycles. The second-order valence-electron chi connectivity index (χ2n) is 3.95. The van der Waals surface area contributed by atoms with E-state index in [9.17, 15) is 4.79 Å². The highest BCUT2D eigenvalue weighted by Gasteiger charge is 2.31. The van der Waals surface area contributed by atoms with Gasteiger partial charge in [0.05, 0.1) is 10.7 Å². The summed E-state index contributed by atoms with van der Waals surface area (Å²) in [6.45, 7) is 2.15. The van der Waals surface area contributed by atoms with E-state index < -0.39 is 5.97 Å². The van der Waals surface area contributed by atoms with E-state index >= 15 is 0 Å². The normalized spacial score (nSPS) is 19.1. The van der Waals surface area contributed by atoms with Crippen LogP contribution in [0.15, 0.2) is 0 Å². The van der Waals surface area contributed by atoms with Crippen molar-refractivity contribution in [3.8, 4) is 0 Å². The van der Waals surface area contributed by atoms with Gasteiger partial charge < -0.3 is 5.11 Å². The Morgan fingerprint density at radius 1 is 1.67 bits per heavy atom. The van der Waals surface area contributed by atoms with Gasteiger partial charge in [-0.3, -0.25) is 4.79 Å². The van der Waals surface area contributed by atoms with Crippen LogP contribution in [0.1, 0.15) is 47.7 Å². The van der Waals surface area contributed by atoms with Gasteiger partial charge in [-0.25, -0.2) is 4.98 Å². The number of fused-ring (bicyclic) bond motifs is 1. The lowest BCUT2D eigenvalue weighted by Crippen LogP contribution is -2.08. The maximum atomic E-state index is 11.0. The number of carboxylic acids is 1. The van der Waals surface area contributed by atoms with Crippen LogP contribution >= 0.6 is 11.3 Å². The molecule has 1 unspecified atom stereocenters. The molecule has 1 aliphatic carbocycles. The highest BCUT2D eigenvalue weighted by Crippen LogP contribution is 2.36. The van der Waals surface area contributed by atoms with Crippen molar-refractivity contribution < 1.29 is 9.90 Å². The Kier molecular flexibility index (Phi) is 3.05. The number of thiazole rings is 1. The van der Waals surface area contributed by atoms with Gasteiger partial charge in [-0.1, -0.05) is 13.3 Å². The molecule has 0 aliphatic heterocycles. The predicted molar refractivity (Wildman–Crippen MR) is 59.4 cm³/mol. The van der Waals surface area contributed by atoms with Gasteiger partial charge in [-0.15, -0.1) is 11.3 Å². The maximum Gasteiger partial charge on any atom is 0.312 e. The van der Waals surface area contributed by atoms with Crippen molar-refractivity contribution in [3.63, 3.8) is 0 Å². The minimum absolute atomic E-state index is 0.341. The summed E-state index contributed by atoms with van der Waals surface area (Å²) in [7, 11) is 0. The third kappa shape index (κ3) is 2.04. The summed E-state index contributed by atoms with van der Waals surface area (Å²) in [5.41, 5.74) is 0.846. The van der Waals surface area contributed by atoms with E-state index in [1.807, 2.05) is 0 Å². The molecule has 1 heterocycles. The summed E-state index contributed by atoms with van der Waals surface area (Å²) in [4.78, 5) is 16.6. The van der Waals surface area contributed by atoms with Crippen LogP contribution in [0.5, 0.6) is 0 Å². The van der Waals surface area contributed by atoms with Crippen LogP contribution in [0.3, 0.4) is 0 Å². The molecule has 1 aromatic heterocycles. The number of aliphatic carboxylic acids is 1. The van der Waals surface area contributed by atoms with Crippen LogP contribution in [0.2, 0.25) is 0 Å². The first-order valence-corrected chi connectivity index (χ1v) is 6.25. The highest BCUT2D eigenvalue weighted by atomic mass is 32.1. The number of rotatable bonds is 4. The fourth-order valence-electron chi connectivity index (χ4n) is 1.95. The Labute approximate surface area is 93.2 Å². The third-order valence-electron chi connectivity index (χ3n) is 2.80. The highest BCUT2D eigenvalue weighted by molar-refractivity contribution is 7.11. The van der Waals surface area contributed by atoms with Gasteiger partial charge in [-0.05, 0) is 25.7 Å². The van der Waals surface area contributed by atoms with E-state index in [1.54, 1.807) is 11.3 Å². The molecule has 1 atom stereocenters. The maximum absolute atomic E-state index is 11.0. The molecule has 0 saturated carbocycles. The van der Waals surface area contributed by atoms with Crippen LogP contribution < -0.4 is 0 Å². The first-order chi connectivity index (χ1) is 7.22. The Morgan fingerprint density at radius 3 is 3.13 bits per heavy atom. The second kappa shape index (κ2) is 4.31. The SMILES string of the molecule is CCCCc1nc2c(s1)CCC2C(=O)O. The van der Waals surface area contributed by atoms with Gasteiger partial charge >= 0.3 is 5.97 Å². The summed E-state index contributed by atoms with van der Waals surface area (Å²) in [6, 6.07) is 0. The van der Waals surface area contributed by atoms with E-state index in [-0.39, 0.29) is 5.92 Å². The lowest BCUT2D eigenvalue weighted by atomic mass is 10.1. The molecule has 4 heteroatoms. The molecule has 0 aromatic carbocycles. The number of carboxylic acid groups (broad SMARTS) is 1. The lowest BCUT2D eigenvalue weighted by molar-refractivity contribution is -0.138. The predicted octanol–water partition coefficient (Wildman–Crippen LogP) is 2.60. The van der Waals surface area contributed by atoms with E-state index in [2.05, 4.69) is 11.9 Å². The first-order valence-electron chi connectivity index (χ1n) is 5.43. The Morgan fingerprint density at radius 2 is 2.47 bits per heavy atom. The third-order valence-corrected chi connectivity index (χ3v) is 3.99. The summed E-state index contributed by atoms with van der Waals surface area (Å²) in [5, 5.41) is 10.1. The van der Waals surface area contributed by atoms with E-state index in [1.165, 1.54) is 4.88 Å². The summed E-state index contributed by atoms with van der Waals surface area (Å²) in [5.74, 6) is -1.06. The monoisotopic (exact) mass is 225 g/mol. The number of nitrogens with zero attached hydrogens (tertiary/aromatic N) is 1. The molecule has 1 aromatic rings. The summed E-state index contributed by atoms with van der Waals surface area (Å²) >= 11 is 1.71. The van der Waals surface area contributed by atoms with Gasteiger partial charge in [0.2, 0.25) is 0 Å². The van der Waals surface area contributed by atoms with Gasteiger partial charge in [0.1, 0.15) is 5.92 Å². The number of aromatic nitrogens is 1. The molecule has 1 aliphatic rings. The molecular weight excluding hydrogens is 210 g/mol. The fourth-order valence-corrected chi connectivity index (χ4v) is 3.14. The molecule has 2 rings (SSSR count). The molecule has 0 amide bonds. The van der Waals surface area contributed by atoms with Crippen molar-refractivity contribution in [1.82, 2.24) is 4.98 Å². The van der Waals surface area contributed by atoms with Crippen molar-refractivity contribution in [2.24, 2.45) is 0 Å². The minimum atomic E-state index is -0.721. The van der Waals surface area contributed by atoms with Crippen LogP contribution in [-0.4, -0.2) is 16.1 Å². The molecule has 0 spiro atoms. The van der Waals surface area contributed by atoms with Crippen molar-refractivity contribution in [2.75, 3.05) is 0 Å². The smallest absolute Gasteiger partial charge is 0.312 e. The zero-order chi connectivity index (χ0) is 10.8. The van der Waals surface area contributed by atoms with Gasteiger partial charge in [0, 0.05) is 4.88 Å². The molecular formula is C11H15NO2S. The first kappa shape index (κ1) is 10.6. The Bertz CT molecular complexity index is 373. The molecule has 1 N–H and O–H groups in total. The van der Waals surface area contributed by atoms with Crippen molar-refractivity contribution >= 4 is 17.3 Å². The molecule has 0 radical (unpaired) electrons. The van der Waals surface area contributed by atoms with Crippen molar-refractivity contribution in [1.29, 1.82) is 0 Å². The second-order valence-corrected chi connectivity index (χ2v) is 5.12. The number of carbonyl (C=O) groups is 1. The lowest BCUT2D eigenvalue weighted by Gasteiger charge is -2.01. The van der Waals surface area contributed by atoms with E-state index in [4.69, 9.17) is 5.11 Å². The van der Waals surface area contributed by atoms with Gasteiger partial charge in [-0.2, -0.15) is 0 Å². The quantitative estimate of drug-likeness (QED) is 0.856. The van der Waals surface area contributed by atoms with Crippen LogP contribution in [0.4, 0.5) is 0 Å². The number of unbranched alkanes of at least 4 members (excludes halogenated alkanes) is 1. The van der Waals surface area contributed by atoms with Crippen molar-refractivity contribution in [2.45, 2.75) is 44.9 Å². The largest absolute Gasteiger partial charge is 0.481 e. The number of hydrogen-bond acceptors (Lipinski definition) is 3. The van der Waals surface area contributed by atoms with E-state index in [0.717, 1.165) is 42.8 Å². The molecule has 0 bridgehead atoms. The summed E-state index contributed by atoms with van der Waals surface area (Å²) < 4.78 is 0. The molecule has 15 heavy (non-hydrogen) atoms. The topological polar surface area (TPSA) is 50.2 Å². The Balaban J connectivity index is 2.15. The Hall–Kier alpha value is -0.900. The van der Waals surface area contributed by atoms with Crippen LogP contribution in [0, 0.1) is 0 Å². The van der Waals surface area contributed by atoms with Gasteiger partial charge in [0.25, 0.3) is 0 Å². The van der Waals surface area contributed by atoms with Crippen LogP contribution in [0.25, 0.3) is 0 Å². The molecule has 82 valence electrons. The zero-order valence-electron chi connectivity index (χ0n) is 8.82. The minimum Gasteiger partial charge on any atom is -0.481 e. The average molecular weight is 225 g/mol. The summed E-state index contributed by atoms with van der Waals surface area (Å²) in [6.07, 6.45) is 4.94. The van der Waals surface area contributed by atoms with Gasteiger partial charge in [0.15, 0.2) is 0 Å². The number of hydrogen-bond donors (Lipinski definition) is 1.